The van der Waals surface area contributed by atoms with Gasteiger partial charge in [-0.15, -0.1) is 0 Å². The van der Waals surface area contributed by atoms with Gasteiger partial charge in [0.15, 0.2) is 0 Å². The molecule has 0 aliphatic heterocycles. The number of carbonyl (C=O) groups excluding carboxylic acids is 1. The number of hydrogen-bond donors (Lipinski definition) is 0. The van der Waals surface area contributed by atoms with Crippen LogP contribution in [0.25, 0.3) is 0 Å². The standard InChI is InChI=1S/C15H21NO4/c1-4-20-14(17)11-15(2,3)13(16(18)19)10-12-8-6-5-7-9-12/h5-9,13H,4,10-11H2,1-3H3/t13-/m1/s1. The van der Waals surface area contributed by atoms with Gasteiger partial charge >= 0.3 is 5.97 Å². The van der Waals surface area contributed by atoms with E-state index in [2.05, 4.69) is 0 Å². The third-order valence-electron chi connectivity index (χ3n) is 3.33. The molecule has 0 fully saturated rings. The van der Waals surface area contributed by atoms with Crippen LogP contribution in [0.2, 0.25) is 0 Å². The molecule has 0 aliphatic carbocycles. The minimum Gasteiger partial charge on any atom is -0.466 e. The molecule has 0 N–H and O–H groups in total. The monoisotopic (exact) mass is 279 g/mol. The summed E-state index contributed by atoms with van der Waals surface area (Å²) in [7, 11) is 0. The lowest BCUT2D eigenvalue weighted by Gasteiger charge is -2.27. The molecule has 0 heterocycles. The highest BCUT2D eigenvalue weighted by molar-refractivity contribution is 5.70. The van der Waals surface area contributed by atoms with Gasteiger partial charge in [-0.3, -0.25) is 14.9 Å². The predicted octanol–water partition coefficient (Wildman–Crippen LogP) is 2.85. The van der Waals surface area contributed by atoms with Crippen LogP contribution in [0.1, 0.15) is 32.8 Å². The first kappa shape index (κ1) is 16.1. The van der Waals surface area contributed by atoms with Crippen LogP contribution in [0, 0.1) is 15.5 Å². The summed E-state index contributed by atoms with van der Waals surface area (Å²) >= 11 is 0. The molecular formula is C15H21NO4. The molecule has 0 saturated carbocycles. The maximum atomic E-state index is 11.6. The van der Waals surface area contributed by atoms with Gasteiger partial charge in [-0.05, 0) is 12.5 Å². The number of hydrogen-bond acceptors (Lipinski definition) is 4. The number of carbonyl (C=O) groups is 1. The van der Waals surface area contributed by atoms with Gasteiger partial charge in [0.1, 0.15) is 0 Å². The first-order valence-electron chi connectivity index (χ1n) is 6.70. The Balaban J connectivity index is 2.84. The number of nitrogens with zero attached hydrogens (tertiary/aromatic N) is 1. The molecule has 0 amide bonds. The molecule has 5 nitrogen and oxygen atoms in total. The molecule has 0 bridgehead atoms. The number of esters is 1. The van der Waals surface area contributed by atoms with Crippen LogP contribution >= 0.6 is 0 Å². The van der Waals surface area contributed by atoms with Gasteiger partial charge in [0.2, 0.25) is 6.04 Å². The molecule has 1 rings (SSSR count). The van der Waals surface area contributed by atoms with Crippen molar-refractivity contribution in [3.05, 3.63) is 46.0 Å². The van der Waals surface area contributed by atoms with Gasteiger partial charge in [0.25, 0.3) is 0 Å². The molecule has 0 spiro atoms. The summed E-state index contributed by atoms with van der Waals surface area (Å²) in [4.78, 5) is 22.6. The Morgan fingerprint density at radius 3 is 2.45 bits per heavy atom. The lowest BCUT2D eigenvalue weighted by Crippen LogP contribution is -2.40. The van der Waals surface area contributed by atoms with Crippen LogP contribution in [-0.4, -0.2) is 23.5 Å². The molecular weight excluding hydrogens is 258 g/mol. The molecule has 1 atom stereocenters. The van der Waals surface area contributed by atoms with E-state index in [1.165, 1.54) is 0 Å². The Bertz CT molecular complexity index is 456. The average Bonchev–Trinajstić information content (AvgIpc) is 2.36. The quantitative estimate of drug-likeness (QED) is 0.437. The Labute approximate surface area is 119 Å². The van der Waals surface area contributed by atoms with Gasteiger partial charge in [0.05, 0.1) is 13.0 Å². The van der Waals surface area contributed by atoms with Crippen molar-refractivity contribution in [2.45, 2.75) is 39.7 Å². The molecule has 20 heavy (non-hydrogen) atoms. The van der Waals surface area contributed by atoms with E-state index >= 15 is 0 Å². The molecule has 110 valence electrons. The zero-order valence-electron chi connectivity index (χ0n) is 12.2. The summed E-state index contributed by atoms with van der Waals surface area (Å²) in [5.41, 5.74) is 0.136. The second-order valence-corrected chi connectivity index (χ2v) is 5.46. The van der Waals surface area contributed by atoms with Gasteiger partial charge in [-0.2, -0.15) is 0 Å². The number of nitro groups is 1. The fourth-order valence-electron chi connectivity index (χ4n) is 2.18. The van der Waals surface area contributed by atoms with E-state index in [9.17, 15) is 14.9 Å². The minimum atomic E-state index is -0.825. The number of benzene rings is 1. The minimum absolute atomic E-state index is 0.0410. The Kier molecular flexibility index (Phi) is 5.67. The van der Waals surface area contributed by atoms with Gasteiger partial charge in [-0.25, -0.2) is 0 Å². The Morgan fingerprint density at radius 1 is 1.35 bits per heavy atom. The average molecular weight is 279 g/mol. The molecule has 0 aliphatic rings. The molecule has 0 aromatic heterocycles. The van der Waals surface area contributed by atoms with E-state index in [0.29, 0.717) is 6.42 Å². The lowest BCUT2D eigenvalue weighted by molar-refractivity contribution is -0.540. The molecule has 0 radical (unpaired) electrons. The lowest BCUT2D eigenvalue weighted by atomic mass is 9.78. The van der Waals surface area contributed by atoms with Crippen molar-refractivity contribution in [2.75, 3.05) is 6.61 Å². The van der Waals surface area contributed by atoms with Gasteiger partial charge in [0, 0.05) is 16.8 Å². The van der Waals surface area contributed by atoms with Crippen molar-refractivity contribution in [1.82, 2.24) is 0 Å². The van der Waals surface area contributed by atoms with Gasteiger partial charge < -0.3 is 4.74 Å². The summed E-state index contributed by atoms with van der Waals surface area (Å²) in [6.45, 7) is 5.48. The molecule has 0 unspecified atom stereocenters. The SMILES string of the molecule is CCOC(=O)CC(C)(C)[C@@H](Cc1ccccc1)[N+](=O)[O-]. The van der Waals surface area contributed by atoms with E-state index in [4.69, 9.17) is 4.74 Å². The maximum Gasteiger partial charge on any atom is 0.306 e. The van der Waals surface area contributed by atoms with Crippen LogP contribution in [0.3, 0.4) is 0 Å². The first-order valence-corrected chi connectivity index (χ1v) is 6.70. The summed E-state index contributed by atoms with van der Waals surface area (Å²) in [5, 5.41) is 11.3. The van der Waals surface area contributed by atoms with Crippen LogP contribution in [0.4, 0.5) is 0 Å². The highest BCUT2D eigenvalue weighted by atomic mass is 16.6. The van der Waals surface area contributed by atoms with Crippen molar-refractivity contribution in [3.8, 4) is 0 Å². The Morgan fingerprint density at radius 2 is 1.95 bits per heavy atom. The summed E-state index contributed by atoms with van der Waals surface area (Å²) in [6.07, 6.45) is 0.347. The molecule has 0 saturated heterocycles. The van der Waals surface area contributed by atoms with Crippen LogP contribution in [-0.2, 0) is 16.0 Å². The third kappa shape index (κ3) is 4.64. The highest BCUT2D eigenvalue weighted by Gasteiger charge is 2.40. The van der Waals surface area contributed by atoms with Crippen molar-refractivity contribution in [2.24, 2.45) is 5.41 Å². The third-order valence-corrected chi connectivity index (χ3v) is 3.33. The smallest absolute Gasteiger partial charge is 0.306 e. The highest BCUT2D eigenvalue weighted by Crippen LogP contribution is 2.30. The summed E-state index contributed by atoms with van der Waals surface area (Å²) in [6, 6.07) is 8.46. The molecule has 1 aromatic rings. The fraction of sp³-hybridized carbons (Fsp3) is 0.533. The van der Waals surface area contributed by atoms with Crippen molar-refractivity contribution >= 4 is 5.97 Å². The zero-order valence-corrected chi connectivity index (χ0v) is 12.2. The van der Waals surface area contributed by atoms with E-state index in [1.807, 2.05) is 30.3 Å². The topological polar surface area (TPSA) is 69.4 Å². The Hall–Kier alpha value is -1.91. The van der Waals surface area contributed by atoms with E-state index in [1.54, 1.807) is 20.8 Å². The molecule has 1 aromatic carbocycles. The van der Waals surface area contributed by atoms with Gasteiger partial charge in [-0.1, -0.05) is 44.2 Å². The second-order valence-electron chi connectivity index (χ2n) is 5.46. The fourth-order valence-corrected chi connectivity index (χ4v) is 2.18. The van der Waals surface area contributed by atoms with Crippen molar-refractivity contribution < 1.29 is 14.5 Å². The predicted molar refractivity (Wildman–Crippen MR) is 76.0 cm³/mol. The normalized spacial score (nSPS) is 12.8. The maximum absolute atomic E-state index is 11.6. The first-order chi connectivity index (χ1) is 9.36. The molecule has 5 heteroatoms. The number of rotatable bonds is 7. The van der Waals surface area contributed by atoms with Crippen LogP contribution < -0.4 is 0 Å². The van der Waals surface area contributed by atoms with E-state index in [0.717, 1.165) is 5.56 Å². The van der Waals surface area contributed by atoms with E-state index < -0.39 is 17.4 Å². The van der Waals surface area contributed by atoms with Crippen LogP contribution in [0.5, 0.6) is 0 Å². The van der Waals surface area contributed by atoms with Crippen molar-refractivity contribution in [1.29, 1.82) is 0 Å². The van der Waals surface area contributed by atoms with Crippen LogP contribution in [0.15, 0.2) is 30.3 Å². The van der Waals surface area contributed by atoms with E-state index in [-0.39, 0.29) is 18.0 Å². The summed E-state index contributed by atoms with van der Waals surface area (Å²) in [5.74, 6) is -0.391. The zero-order chi connectivity index (χ0) is 15.2. The summed E-state index contributed by atoms with van der Waals surface area (Å²) < 4.78 is 4.90. The largest absolute Gasteiger partial charge is 0.466 e. The second kappa shape index (κ2) is 7.03. The van der Waals surface area contributed by atoms with Crippen molar-refractivity contribution in [3.63, 3.8) is 0 Å². The number of ether oxygens (including phenoxy) is 1.